The molecule has 1 aromatic heterocycles. The van der Waals surface area contributed by atoms with Gasteiger partial charge in [0.05, 0.1) is 5.69 Å². The van der Waals surface area contributed by atoms with Crippen molar-refractivity contribution in [3.05, 3.63) is 40.4 Å². The Morgan fingerprint density at radius 1 is 1.38 bits per heavy atom. The highest BCUT2D eigenvalue weighted by Gasteiger charge is 2.09. The normalized spacial score (nSPS) is 10.7. The van der Waals surface area contributed by atoms with Gasteiger partial charge < -0.3 is 5.73 Å². The molecule has 0 aliphatic heterocycles. The first-order valence-electron chi connectivity index (χ1n) is 5.10. The number of rotatable bonds is 3. The molecule has 2 rings (SSSR count). The Labute approximate surface area is 103 Å². The van der Waals surface area contributed by atoms with E-state index in [4.69, 9.17) is 5.73 Å². The molecule has 0 saturated heterocycles. The predicted octanol–water partition coefficient (Wildman–Crippen LogP) is 1.84. The van der Waals surface area contributed by atoms with Gasteiger partial charge in [-0.1, -0.05) is 12.1 Å². The van der Waals surface area contributed by atoms with Crippen LogP contribution in [0.25, 0.3) is 5.69 Å². The van der Waals surface area contributed by atoms with Crippen LogP contribution in [0.3, 0.4) is 0 Å². The van der Waals surface area contributed by atoms with Crippen LogP contribution in [-0.4, -0.2) is 21.3 Å². The number of aryl methyl sites for hydroxylation is 1. The standard InChI is InChI=1S/C11H13BrN4/c1-8-14-11(6-7-13)15-16(8)10-5-3-2-4-9(10)12/h2-5H,6-7,13H2,1H3. The smallest absolute Gasteiger partial charge is 0.152 e. The van der Waals surface area contributed by atoms with Gasteiger partial charge in [-0.2, -0.15) is 5.10 Å². The van der Waals surface area contributed by atoms with Crippen LogP contribution in [0.1, 0.15) is 11.6 Å². The third-order valence-electron chi connectivity index (χ3n) is 2.26. The molecule has 0 bridgehead atoms. The van der Waals surface area contributed by atoms with E-state index in [2.05, 4.69) is 26.0 Å². The summed E-state index contributed by atoms with van der Waals surface area (Å²) >= 11 is 3.50. The maximum Gasteiger partial charge on any atom is 0.152 e. The lowest BCUT2D eigenvalue weighted by molar-refractivity contribution is 0.801. The van der Waals surface area contributed by atoms with Gasteiger partial charge >= 0.3 is 0 Å². The third kappa shape index (κ3) is 2.15. The Kier molecular flexibility index (Phi) is 3.36. The zero-order valence-corrected chi connectivity index (χ0v) is 10.6. The van der Waals surface area contributed by atoms with Crippen molar-refractivity contribution in [2.75, 3.05) is 6.54 Å². The van der Waals surface area contributed by atoms with Crippen molar-refractivity contribution in [2.45, 2.75) is 13.3 Å². The molecule has 4 nitrogen and oxygen atoms in total. The number of aromatic nitrogens is 3. The molecular weight excluding hydrogens is 268 g/mol. The average Bonchev–Trinajstić information content (AvgIpc) is 2.61. The Bertz CT molecular complexity index is 492. The van der Waals surface area contributed by atoms with Crippen molar-refractivity contribution >= 4 is 15.9 Å². The van der Waals surface area contributed by atoms with E-state index in [0.717, 1.165) is 21.8 Å². The Hall–Kier alpha value is -1.20. The molecule has 2 aromatic rings. The quantitative estimate of drug-likeness (QED) is 0.934. The first-order valence-corrected chi connectivity index (χ1v) is 5.89. The first kappa shape index (κ1) is 11.3. The summed E-state index contributed by atoms with van der Waals surface area (Å²) in [6.07, 6.45) is 0.707. The molecule has 0 spiro atoms. The summed E-state index contributed by atoms with van der Waals surface area (Å²) in [5, 5.41) is 4.43. The molecule has 0 aliphatic rings. The van der Waals surface area contributed by atoms with Crippen molar-refractivity contribution in [3.8, 4) is 5.69 Å². The molecule has 0 fully saturated rings. The van der Waals surface area contributed by atoms with Crippen LogP contribution < -0.4 is 5.73 Å². The van der Waals surface area contributed by atoms with E-state index in [9.17, 15) is 0 Å². The second kappa shape index (κ2) is 4.76. The summed E-state index contributed by atoms with van der Waals surface area (Å²) in [5.41, 5.74) is 6.49. The van der Waals surface area contributed by atoms with Crippen LogP contribution >= 0.6 is 15.9 Å². The van der Waals surface area contributed by atoms with Crippen molar-refractivity contribution in [1.82, 2.24) is 14.8 Å². The highest BCUT2D eigenvalue weighted by Crippen LogP contribution is 2.20. The zero-order chi connectivity index (χ0) is 11.5. The van der Waals surface area contributed by atoms with E-state index in [0.29, 0.717) is 13.0 Å². The number of hydrogen-bond donors (Lipinski definition) is 1. The second-order valence-corrected chi connectivity index (χ2v) is 4.33. The maximum atomic E-state index is 5.49. The minimum absolute atomic E-state index is 0.569. The van der Waals surface area contributed by atoms with E-state index < -0.39 is 0 Å². The van der Waals surface area contributed by atoms with Crippen LogP contribution in [0, 0.1) is 6.92 Å². The summed E-state index contributed by atoms with van der Waals surface area (Å²) in [6.45, 7) is 2.51. The molecule has 5 heteroatoms. The third-order valence-corrected chi connectivity index (χ3v) is 2.93. The maximum absolute atomic E-state index is 5.49. The summed E-state index contributed by atoms with van der Waals surface area (Å²) in [6, 6.07) is 7.93. The fourth-order valence-corrected chi connectivity index (χ4v) is 1.98. The van der Waals surface area contributed by atoms with Crippen LogP contribution in [0.15, 0.2) is 28.7 Å². The molecule has 0 saturated carbocycles. The number of hydrogen-bond acceptors (Lipinski definition) is 3. The van der Waals surface area contributed by atoms with Gasteiger partial charge in [0.2, 0.25) is 0 Å². The van der Waals surface area contributed by atoms with Crippen molar-refractivity contribution in [1.29, 1.82) is 0 Å². The van der Waals surface area contributed by atoms with Gasteiger partial charge in [0.1, 0.15) is 5.82 Å². The lowest BCUT2D eigenvalue weighted by Crippen LogP contribution is -2.05. The fraction of sp³-hybridized carbons (Fsp3) is 0.273. The lowest BCUT2D eigenvalue weighted by atomic mass is 10.3. The monoisotopic (exact) mass is 280 g/mol. The fourth-order valence-electron chi connectivity index (χ4n) is 1.53. The average molecular weight is 281 g/mol. The molecule has 1 aromatic carbocycles. The van der Waals surface area contributed by atoms with Gasteiger partial charge in [0, 0.05) is 10.9 Å². The van der Waals surface area contributed by atoms with Crippen molar-refractivity contribution in [3.63, 3.8) is 0 Å². The highest BCUT2D eigenvalue weighted by molar-refractivity contribution is 9.10. The molecule has 0 radical (unpaired) electrons. The van der Waals surface area contributed by atoms with Gasteiger partial charge in [-0.05, 0) is 41.5 Å². The van der Waals surface area contributed by atoms with E-state index in [1.807, 2.05) is 35.9 Å². The van der Waals surface area contributed by atoms with Gasteiger partial charge in [-0.3, -0.25) is 0 Å². The Morgan fingerprint density at radius 2 is 2.12 bits per heavy atom. The predicted molar refractivity (Wildman–Crippen MR) is 66.6 cm³/mol. The molecule has 2 N–H and O–H groups in total. The number of nitrogens with two attached hydrogens (primary N) is 1. The van der Waals surface area contributed by atoms with Gasteiger partial charge in [0.25, 0.3) is 0 Å². The van der Waals surface area contributed by atoms with Crippen molar-refractivity contribution < 1.29 is 0 Å². The van der Waals surface area contributed by atoms with E-state index in [1.54, 1.807) is 0 Å². The summed E-state index contributed by atoms with van der Waals surface area (Å²) in [4.78, 5) is 4.37. The topological polar surface area (TPSA) is 56.7 Å². The number of halogens is 1. The highest BCUT2D eigenvalue weighted by atomic mass is 79.9. The number of para-hydroxylation sites is 1. The lowest BCUT2D eigenvalue weighted by Gasteiger charge is -2.04. The minimum atomic E-state index is 0.569. The van der Waals surface area contributed by atoms with E-state index in [-0.39, 0.29) is 0 Å². The minimum Gasteiger partial charge on any atom is -0.330 e. The van der Waals surface area contributed by atoms with Gasteiger partial charge in [0.15, 0.2) is 5.82 Å². The largest absolute Gasteiger partial charge is 0.330 e. The van der Waals surface area contributed by atoms with Crippen LogP contribution in [0.4, 0.5) is 0 Å². The SMILES string of the molecule is Cc1nc(CCN)nn1-c1ccccc1Br. The molecule has 0 unspecified atom stereocenters. The molecular formula is C11H13BrN4. The number of nitrogens with zero attached hydrogens (tertiary/aromatic N) is 3. The summed E-state index contributed by atoms with van der Waals surface area (Å²) < 4.78 is 2.83. The van der Waals surface area contributed by atoms with Crippen LogP contribution in [-0.2, 0) is 6.42 Å². The molecule has 1 heterocycles. The molecule has 16 heavy (non-hydrogen) atoms. The molecule has 0 amide bonds. The number of benzene rings is 1. The summed E-state index contributed by atoms with van der Waals surface area (Å²) in [5.74, 6) is 1.66. The van der Waals surface area contributed by atoms with Gasteiger partial charge in [-0.15, -0.1) is 0 Å². The van der Waals surface area contributed by atoms with Crippen LogP contribution in [0.2, 0.25) is 0 Å². The van der Waals surface area contributed by atoms with Gasteiger partial charge in [-0.25, -0.2) is 9.67 Å². The second-order valence-electron chi connectivity index (χ2n) is 3.48. The molecule has 84 valence electrons. The van der Waals surface area contributed by atoms with E-state index in [1.165, 1.54) is 0 Å². The Morgan fingerprint density at radius 3 is 2.81 bits per heavy atom. The first-order chi connectivity index (χ1) is 7.72. The Balaban J connectivity index is 2.44. The molecule has 0 aliphatic carbocycles. The van der Waals surface area contributed by atoms with Crippen LogP contribution in [0.5, 0.6) is 0 Å². The van der Waals surface area contributed by atoms with Crippen molar-refractivity contribution in [2.24, 2.45) is 5.73 Å². The zero-order valence-electron chi connectivity index (χ0n) is 9.02. The summed E-state index contributed by atoms with van der Waals surface area (Å²) in [7, 11) is 0. The molecule has 0 atom stereocenters. The van der Waals surface area contributed by atoms with E-state index >= 15 is 0 Å².